The second kappa shape index (κ2) is 7.94. The highest BCUT2D eigenvalue weighted by atomic mass is 32.2. The van der Waals surface area contributed by atoms with Crippen molar-refractivity contribution in [2.75, 3.05) is 13.1 Å². The Kier molecular flexibility index (Phi) is 4.99. The number of piperidine rings is 1. The highest BCUT2D eigenvalue weighted by Crippen LogP contribution is 2.35. The molecule has 4 aromatic rings. The lowest BCUT2D eigenvalue weighted by Gasteiger charge is -2.22. The van der Waals surface area contributed by atoms with Crippen LogP contribution in [0, 0.1) is 18.3 Å². The second-order valence-electron chi connectivity index (χ2n) is 7.54. The summed E-state index contributed by atoms with van der Waals surface area (Å²) in [5, 5.41) is 22.9. The molecule has 0 saturated carbocycles. The van der Waals surface area contributed by atoms with Gasteiger partial charge in [0, 0.05) is 41.2 Å². The Morgan fingerprint density at radius 2 is 2.10 bits per heavy atom. The van der Waals surface area contributed by atoms with E-state index in [0.717, 1.165) is 51.6 Å². The molecule has 1 unspecified atom stereocenters. The molecule has 5 heterocycles. The molecule has 150 valence electrons. The molecule has 0 aliphatic carbocycles. The number of hydrogen-bond donors (Lipinski definition) is 1. The van der Waals surface area contributed by atoms with Crippen molar-refractivity contribution in [1.82, 2.24) is 29.7 Å². The topological polar surface area (TPSA) is 83.8 Å². The lowest BCUT2D eigenvalue weighted by molar-refractivity contribution is 0.347. The van der Waals surface area contributed by atoms with Crippen molar-refractivity contribution in [1.29, 1.82) is 5.26 Å². The van der Waals surface area contributed by atoms with Crippen molar-refractivity contribution in [3.05, 3.63) is 60.3 Å². The predicted molar refractivity (Wildman–Crippen MR) is 115 cm³/mol. The number of hydrogen-bond acceptors (Lipinski definition) is 6. The predicted octanol–water partition coefficient (Wildman–Crippen LogP) is 3.85. The molecule has 0 spiro atoms. The zero-order valence-corrected chi connectivity index (χ0v) is 17.4. The van der Waals surface area contributed by atoms with Gasteiger partial charge < -0.3 is 5.32 Å². The third-order valence-corrected chi connectivity index (χ3v) is 6.36. The summed E-state index contributed by atoms with van der Waals surface area (Å²) in [5.41, 5.74) is 4.53. The van der Waals surface area contributed by atoms with Gasteiger partial charge in [0.2, 0.25) is 0 Å². The first-order valence-electron chi connectivity index (χ1n) is 9.98. The Hall–Kier alpha value is -3.15. The van der Waals surface area contributed by atoms with E-state index >= 15 is 0 Å². The van der Waals surface area contributed by atoms with E-state index in [-0.39, 0.29) is 0 Å². The highest BCUT2D eigenvalue weighted by molar-refractivity contribution is 7.99. The highest BCUT2D eigenvalue weighted by Gasteiger charge is 2.18. The van der Waals surface area contributed by atoms with Crippen LogP contribution in [0.3, 0.4) is 0 Å². The lowest BCUT2D eigenvalue weighted by Crippen LogP contribution is -2.31. The molecule has 1 N–H and O–H groups in total. The number of nitrogens with zero attached hydrogens (tertiary/aromatic N) is 6. The number of pyridine rings is 2. The molecule has 0 bridgehead atoms. The van der Waals surface area contributed by atoms with Crippen LogP contribution in [0.25, 0.3) is 16.6 Å². The van der Waals surface area contributed by atoms with E-state index in [1.807, 2.05) is 37.6 Å². The van der Waals surface area contributed by atoms with Gasteiger partial charge in [-0.05, 0) is 44.0 Å². The summed E-state index contributed by atoms with van der Waals surface area (Å²) < 4.78 is 3.84. The SMILES string of the molecule is Cc1ccc(Sc2cc(-c3cnn(C4CCCNC4)c3)cn3ncc(C#N)c23)nc1. The summed E-state index contributed by atoms with van der Waals surface area (Å²) >= 11 is 1.54. The van der Waals surface area contributed by atoms with Crippen molar-refractivity contribution < 1.29 is 0 Å². The minimum atomic E-state index is 0.386. The summed E-state index contributed by atoms with van der Waals surface area (Å²) in [6.07, 6.45) is 11.7. The van der Waals surface area contributed by atoms with Gasteiger partial charge in [0.05, 0.1) is 29.5 Å². The zero-order valence-electron chi connectivity index (χ0n) is 16.6. The summed E-state index contributed by atoms with van der Waals surface area (Å²) in [5.74, 6) is 0. The smallest absolute Gasteiger partial charge is 0.103 e. The van der Waals surface area contributed by atoms with Gasteiger partial charge in [0.1, 0.15) is 11.1 Å². The van der Waals surface area contributed by atoms with Crippen LogP contribution in [0.5, 0.6) is 0 Å². The number of nitriles is 1. The van der Waals surface area contributed by atoms with Crippen molar-refractivity contribution in [3.8, 4) is 17.2 Å². The van der Waals surface area contributed by atoms with Gasteiger partial charge in [0.15, 0.2) is 0 Å². The van der Waals surface area contributed by atoms with Gasteiger partial charge in [-0.2, -0.15) is 15.5 Å². The quantitative estimate of drug-likeness (QED) is 0.545. The zero-order chi connectivity index (χ0) is 20.5. The maximum Gasteiger partial charge on any atom is 0.103 e. The first-order chi connectivity index (χ1) is 14.7. The molecule has 0 aromatic carbocycles. The van der Waals surface area contributed by atoms with Crippen molar-refractivity contribution in [3.63, 3.8) is 0 Å². The standard InChI is InChI=1S/C22H21N7S/c1-15-4-5-21(25-9-15)30-20-7-16(13-29-22(20)17(8-23)10-27-29)18-11-26-28(14-18)19-3-2-6-24-12-19/h4-5,7,9-11,13-14,19,24H,2-3,6,12H2,1H3. The Morgan fingerprint density at radius 3 is 2.87 bits per heavy atom. The van der Waals surface area contributed by atoms with Crippen molar-refractivity contribution >= 4 is 17.3 Å². The minimum absolute atomic E-state index is 0.386. The minimum Gasteiger partial charge on any atom is -0.315 e. The van der Waals surface area contributed by atoms with Crippen LogP contribution in [0.2, 0.25) is 0 Å². The molecular weight excluding hydrogens is 394 g/mol. The molecule has 1 atom stereocenters. The fraction of sp³-hybridized carbons (Fsp3) is 0.273. The lowest BCUT2D eigenvalue weighted by atomic mass is 10.1. The number of fused-ring (bicyclic) bond motifs is 1. The Morgan fingerprint density at radius 1 is 1.17 bits per heavy atom. The maximum absolute atomic E-state index is 9.54. The Balaban J connectivity index is 1.55. The van der Waals surface area contributed by atoms with E-state index in [1.165, 1.54) is 6.42 Å². The van der Waals surface area contributed by atoms with Crippen LogP contribution >= 0.6 is 11.8 Å². The van der Waals surface area contributed by atoms with Gasteiger partial charge in [-0.3, -0.25) is 4.68 Å². The summed E-state index contributed by atoms with van der Waals surface area (Å²) in [4.78, 5) is 5.46. The van der Waals surface area contributed by atoms with Gasteiger partial charge >= 0.3 is 0 Å². The van der Waals surface area contributed by atoms with E-state index in [0.29, 0.717) is 11.6 Å². The van der Waals surface area contributed by atoms with Crippen LogP contribution in [0.1, 0.15) is 30.0 Å². The Labute approximate surface area is 178 Å². The van der Waals surface area contributed by atoms with Crippen LogP contribution in [-0.2, 0) is 0 Å². The van der Waals surface area contributed by atoms with Crippen LogP contribution in [-0.4, -0.2) is 37.5 Å². The normalized spacial score (nSPS) is 16.6. The van der Waals surface area contributed by atoms with E-state index in [2.05, 4.69) is 43.5 Å². The number of aromatic nitrogens is 5. The number of nitrogens with one attached hydrogen (secondary N) is 1. The molecule has 5 rings (SSSR count). The summed E-state index contributed by atoms with van der Waals surface area (Å²) in [6.45, 7) is 4.05. The molecule has 1 aliphatic rings. The first kappa shape index (κ1) is 18.9. The summed E-state index contributed by atoms with van der Waals surface area (Å²) in [6, 6.07) is 8.78. The van der Waals surface area contributed by atoms with Gasteiger partial charge in [0.25, 0.3) is 0 Å². The fourth-order valence-corrected chi connectivity index (χ4v) is 4.73. The molecular formula is C22H21N7S. The second-order valence-corrected chi connectivity index (χ2v) is 8.60. The van der Waals surface area contributed by atoms with Gasteiger partial charge in [-0.1, -0.05) is 17.8 Å². The van der Waals surface area contributed by atoms with E-state index in [9.17, 15) is 5.26 Å². The largest absolute Gasteiger partial charge is 0.315 e. The maximum atomic E-state index is 9.54. The Bertz CT molecular complexity index is 1230. The molecule has 1 aliphatic heterocycles. The van der Waals surface area contributed by atoms with Crippen molar-refractivity contribution in [2.45, 2.75) is 35.7 Å². The molecule has 1 fully saturated rings. The molecule has 8 heteroatoms. The fourth-order valence-electron chi connectivity index (χ4n) is 3.78. The molecule has 0 radical (unpaired) electrons. The third-order valence-electron chi connectivity index (χ3n) is 5.38. The van der Waals surface area contributed by atoms with E-state index in [4.69, 9.17) is 0 Å². The van der Waals surface area contributed by atoms with E-state index in [1.54, 1.807) is 22.5 Å². The molecule has 0 amide bonds. The van der Waals surface area contributed by atoms with Gasteiger partial charge in [-0.25, -0.2) is 9.50 Å². The molecule has 30 heavy (non-hydrogen) atoms. The van der Waals surface area contributed by atoms with Crippen molar-refractivity contribution in [2.24, 2.45) is 0 Å². The molecule has 7 nitrogen and oxygen atoms in total. The number of rotatable bonds is 4. The average molecular weight is 416 g/mol. The van der Waals surface area contributed by atoms with Gasteiger partial charge in [-0.15, -0.1) is 0 Å². The summed E-state index contributed by atoms with van der Waals surface area (Å²) in [7, 11) is 0. The van der Waals surface area contributed by atoms with Crippen LogP contribution in [0.15, 0.2) is 59.1 Å². The van der Waals surface area contributed by atoms with E-state index < -0.39 is 0 Å². The number of aryl methyl sites for hydroxylation is 1. The third kappa shape index (κ3) is 3.58. The average Bonchev–Trinajstić information content (AvgIpc) is 3.43. The molecule has 4 aromatic heterocycles. The first-order valence-corrected chi connectivity index (χ1v) is 10.8. The van der Waals surface area contributed by atoms with Crippen LogP contribution < -0.4 is 5.32 Å². The monoisotopic (exact) mass is 415 g/mol. The molecule has 1 saturated heterocycles. The van der Waals surface area contributed by atoms with Crippen LogP contribution in [0.4, 0.5) is 0 Å².